The number of ether oxygens (including phenoxy) is 1. The number of aromatic nitrogens is 1. The van der Waals surface area contributed by atoms with Crippen LogP contribution in [-0.4, -0.2) is 24.2 Å². The zero-order valence-corrected chi connectivity index (χ0v) is 9.38. The molecule has 15 heavy (non-hydrogen) atoms. The van der Waals surface area contributed by atoms with Crippen LogP contribution in [0.4, 0.5) is 0 Å². The minimum absolute atomic E-state index is 0.311. The van der Waals surface area contributed by atoms with Gasteiger partial charge in [0.15, 0.2) is 0 Å². The number of oxazole rings is 1. The molecule has 0 bridgehead atoms. The van der Waals surface area contributed by atoms with Crippen LogP contribution in [0, 0.1) is 13.8 Å². The van der Waals surface area contributed by atoms with Gasteiger partial charge in [0, 0.05) is 6.54 Å². The van der Waals surface area contributed by atoms with E-state index in [4.69, 9.17) is 9.15 Å². The van der Waals surface area contributed by atoms with Gasteiger partial charge in [0.25, 0.3) is 0 Å². The van der Waals surface area contributed by atoms with Gasteiger partial charge in [0.2, 0.25) is 5.89 Å². The average molecular weight is 210 g/mol. The Morgan fingerprint density at radius 3 is 3.00 bits per heavy atom. The van der Waals surface area contributed by atoms with E-state index in [1.807, 2.05) is 13.8 Å². The fourth-order valence-corrected chi connectivity index (χ4v) is 1.75. The first-order chi connectivity index (χ1) is 7.25. The summed E-state index contributed by atoms with van der Waals surface area (Å²) in [4.78, 5) is 4.28. The van der Waals surface area contributed by atoms with E-state index in [0.29, 0.717) is 18.6 Å². The Morgan fingerprint density at radius 2 is 2.40 bits per heavy atom. The fraction of sp³-hybridized carbons (Fsp3) is 0.727. The molecule has 1 unspecified atom stereocenters. The maximum absolute atomic E-state index is 5.72. The highest BCUT2D eigenvalue weighted by atomic mass is 16.5. The summed E-state index contributed by atoms with van der Waals surface area (Å²) in [6.07, 6.45) is 2.63. The Bertz CT molecular complexity index is 297. The Labute approximate surface area is 90.0 Å². The topological polar surface area (TPSA) is 47.3 Å². The van der Waals surface area contributed by atoms with Crippen molar-refractivity contribution in [1.82, 2.24) is 10.3 Å². The molecule has 1 aliphatic heterocycles. The van der Waals surface area contributed by atoms with Crippen molar-refractivity contribution in [2.24, 2.45) is 0 Å². The second kappa shape index (κ2) is 4.77. The molecule has 0 saturated carbocycles. The highest BCUT2D eigenvalue weighted by Crippen LogP contribution is 2.12. The molecule has 2 heterocycles. The quantitative estimate of drug-likeness (QED) is 0.822. The van der Waals surface area contributed by atoms with Gasteiger partial charge in [-0.05, 0) is 33.2 Å². The van der Waals surface area contributed by atoms with Crippen molar-refractivity contribution in [3.05, 3.63) is 17.3 Å². The molecule has 1 aromatic rings. The van der Waals surface area contributed by atoms with Crippen LogP contribution in [0.25, 0.3) is 0 Å². The lowest BCUT2D eigenvalue weighted by Gasteiger charge is -2.22. The summed E-state index contributed by atoms with van der Waals surface area (Å²) in [6, 6.07) is 0. The molecule has 0 amide bonds. The lowest BCUT2D eigenvalue weighted by Crippen LogP contribution is -2.35. The number of piperidine rings is 1. The molecule has 1 aliphatic rings. The third-order valence-corrected chi connectivity index (χ3v) is 2.77. The molecule has 0 aliphatic carbocycles. The van der Waals surface area contributed by atoms with E-state index in [2.05, 4.69) is 10.3 Å². The molecule has 2 rings (SSSR count). The van der Waals surface area contributed by atoms with Crippen molar-refractivity contribution >= 4 is 0 Å². The minimum atomic E-state index is 0.311. The highest BCUT2D eigenvalue weighted by molar-refractivity contribution is 5.04. The SMILES string of the molecule is Cc1nc(COC2CCCNC2)oc1C. The summed E-state index contributed by atoms with van der Waals surface area (Å²) in [7, 11) is 0. The van der Waals surface area contributed by atoms with Crippen molar-refractivity contribution in [1.29, 1.82) is 0 Å². The van der Waals surface area contributed by atoms with Crippen LogP contribution >= 0.6 is 0 Å². The Kier molecular flexibility index (Phi) is 3.38. The minimum Gasteiger partial charge on any atom is -0.443 e. The van der Waals surface area contributed by atoms with Gasteiger partial charge >= 0.3 is 0 Å². The zero-order valence-electron chi connectivity index (χ0n) is 9.38. The summed E-state index contributed by atoms with van der Waals surface area (Å²) in [5, 5.41) is 3.31. The largest absolute Gasteiger partial charge is 0.443 e. The maximum atomic E-state index is 5.72. The van der Waals surface area contributed by atoms with Gasteiger partial charge in [-0.3, -0.25) is 0 Å². The van der Waals surface area contributed by atoms with Crippen LogP contribution in [0.15, 0.2) is 4.42 Å². The van der Waals surface area contributed by atoms with Crippen molar-refractivity contribution < 1.29 is 9.15 Å². The van der Waals surface area contributed by atoms with Gasteiger partial charge in [-0.1, -0.05) is 0 Å². The second-order valence-corrected chi connectivity index (χ2v) is 4.03. The van der Waals surface area contributed by atoms with E-state index in [1.54, 1.807) is 0 Å². The zero-order chi connectivity index (χ0) is 10.7. The first-order valence-corrected chi connectivity index (χ1v) is 5.51. The van der Waals surface area contributed by atoms with Gasteiger partial charge < -0.3 is 14.5 Å². The molecule has 4 nitrogen and oxygen atoms in total. The third-order valence-electron chi connectivity index (χ3n) is 2.77. The predicted molar refractivity (Wildman–Crippen MR) is 56.7 cm³/mol. The maximum Gasteiger partial charge on any atom is 0.220 e. The van der Waals surface area contributed by atoms with Crippen LogP contribution < -0.4 is 5.32 Å². The summed E-state index contributed by atoms with van der Waals surface area (Å²) >= 11 is 0. The highest BCUT2D eigenvalue weighted by Gasteiger charge is 2.14. The van der Waals surface area contributed by atoms with Crippen LogP contribution in [0.2, 0.25) is 0 Å². The van der Waals surface area contributed by atoms with Crippen LogP contribution in [0.3, 0.4) is 0 Å². The van der Waals surface area contributed by atoms with Gasteiger partial charge in [0.05, 0.1) is 11.8 Å². The van der Waals surface area contributed by atoms with E-state index < -0.39 is 0 Å². The van der Waals surface area contributed by atoms with E-state index in [-0.39, 0.29) is 0 Å². The van der Waals surface area contributed by atoms with E-state index in [0.717, 1.165) is 31.0 Å². The van der Waals surface area contributed by atoms with Crippen LogP contribution in [0.5, 0.6) is 0 Å². The molecule has 4 heteroatoms. The van der Waals surface area contributed by atoms with Gasteiger partial charge in [0.1, 0.15) is 12.4 Å². The fourth-order valence-electron chi connectivity index (χ4n) is 1.75. The number of hydrogen-bond donors (Lipinski definition) is 1. The molecule has 1 atom stereocenters. The number of rotatable bonds is 3. The van der Waals surface area contributed by atoms with E-state index >= 15 is 0 Å². The normalized spacial score (nSPS) is 21.9. The first kappa shape index (κ1) is 10.6. The molecule has 1 aromatic heterocycles. The Morgan fingerprint density at radius 1 is 1.53 bits per heavy atom. The summed E-state index contributed by atoms with van der Waals surface area (Å²) in [5.74, 6) is 1.57. The van der Waals surface area contributed by atoms with Crippen molar-refractivity contribution in [3.63, 3.8) is 0 Å². The molecule has 0 radical (unpaired) electrons. The van der Waals surface area contributed by atoms with Gasteiger partial charge in [-0.25, -0.2) is 4.98 Å². The average Bonchev–Trinajstić information content (AvgIpc) is 2.57. The first-order valence-electron chi connectivity index (χ1n) is 5.51. The lowest BCUT2D eigenvalue weighted by atomic mass is 10.1. The van der Waals surface area contributed by atoms with E-state index in [1.165, 1.54) is 6.42 Å². The molecule has 1 fully saturated rings. The third kappa shape index (κ3) is 2.79. The number of hydrogen-bond acceptors (Lipinski definition) is 4. The molecule has 1 N–H and O–H groups in total. The van der Waals surface area contributed by atoms with Crippen molar-refractivity contribution in [2.45, 2.75) is 39.4 Å². The van der Waals surface area contributed by atoms with Crippen molar-refractivity contribution in [2.75, 3.05) is 13.1 Å². The van der Waals surface area contributed by atoms with Gasteiger partial charge in [-0.15, -0.1) is 0 Å². The standard InChI is InChI=1S/C11H18N2O2/c1-8-9(2)15-11(13-8)7-14-10-4-3-5-12-6-10/h10,12H,3-7H2,1-2H3. The Balaban J connectivity index is 1.81. The Hall–Kier alpha value is -0.870. The molecule has 84 valence electrons. The summed E-state index contributed by atoms with van der Waals surface area (Å²) in [6.45, 7) is 6.41. The number of nitrogens with one attached hydrogen (secondary N) is 1. The molecule has 1 saturated heterocycles. The molecular formula is C11H18N2O2. The van der Waals surface area contributed by atoms with Gasteiger partial charge in [-0.2, -0.15) is 0 Å². The molecular weight excluding hydrogens is 192 g/mol. The smallest absolute Gasteiger partial charge is 0.220 e. The number of nitrogens with zero attached hydrogens (tertiary/aromatic N) is 1. The number of aryl methyl sites for hydroxylation is 2. The second-order valence-electron chi connectivity index (χ2n) is 4.03. The van der Waals surface area contributed by atoms with E-state index in [9.17, 15) is 0 Å². The molecule has 0 aromatic carbocycles. The van der Waals surface area contributed by atoms with Crippen LogP contribution in [-0.2, 0) is 11.3 Å². The summed E-state index contributed by atoms with van der Waals surface area (Å²) in [5.41, 5.74) is 0.954. The van der Waals surface area contributed by atoms with Crippen LogP contribution in [0.1, 0.15) is 30.2 Å². The lowest BCUT2D eigenvalue weighted by molar-refractivity contribution is 0.0143. The predicted octanol–water partition coefficient (Wildman–Crippen LogP) is 1.56. The van der Waals surface area contributed by atoms with Crippen molar-refractivity contribution in [3.8, 4) is 0 Å². The monoisotopic (exact) mass is 210 g/mol. The summed E-state index contributed by atoms with van der Waals surface area (Å²) < 4.78 is 11.2. The molecule has 0 spiro atoms.